The van der Waals surface area contributed by atoms with E-state index in [9.17, 15) is 22.4 Å². The number of alkyl halides is 4. The minimum atomic E-state index is -4.58. The van der Waals surface area contributed by atoms with E-state index in [4.69, 9.17) is 14.7 Å². The van der Waals surface area contributed by atoms with E-state index in [-0.39, 0.29) is 19.3 Å². The number of carbonyl (C=O) groups excluding carboxylic acids is 1. The van der Waals surface area contributed by atoms with E-state index in [0.717, 1.165) is 0 Å². The van der Waals surface area contributed by atoms with E-state index < -0.39 is 58.8 Å². The molecule has 0 aliphatic heterocycles. The van der Waals surface area contributed by atoms with Crippen molar-refractivity contribution in [1.82, 2.24) is 0 Å². The largest absolute Gasteiger partial charge is 0.509 e. The molecule has 0 spiro atoms. The van der Waals surface area contributed by atoms with Crippen LogP contribution < -0.4 is 0 Å². The lowest BCUT2D eigenvalue weighted by molar-refractivity contribution is -0.434. The highest BCUT2D eigenvalue weighted by atomic mass is 32.2. The molecule has 0 aromatic carbocycles. The van der Waals surface area contributed by atoms with Crippen molar-refractivity contribution >= 4 is 18.2 Å². The fourth-order valence-corrected chi connectivity index (χ4v) is 3.92. The predicted octanol–water partition coefficient (Wildman–Crippen LogP) is 4.65. The van der Waals surface area contributed by atoms with Crippen molar-refractivity contribution in [2.45, 2.75) is 62.9 Å². The number of carbonyl (C=O) groups is 1. The van der Waals surface area contributed by atoms with Crippen molar-refractivity contribution in [2.24, 2.45) is 17.8 Å². The van der Waals surface area contributed by atoms with Gasteiger partial charge in [0.2, 0.25) is 0 Å². The third-order valence-electron chi connectivity index (χ3n) is 4.45. The molecule has 0 saturated heterocycles. The maximum Gasteiger partial charge on any atom is 0.509 e. The molecule has 2 fully saturated rings. The molecule has 4 atom stereocenters. The highest BCUT2D eigenvalue weighted by Gasteiger charge is 2.68. The molecule has 2 bridgehead atoms. The van der Waals surface area contributed by atoms with Gasteiger partial charge in [-0.15, -0.1) is 4.33 Å². The summed E-state index contributed by atoms with van der Waals surface area (Å²) < 4.78 is 69.3. The topological polar surface area (TPSA) is 74.2 Å². The SMILES string of the molecule is CC(C)(C)OC(=O)OC1CC2CC1CC2C(F)(F)C(F)(F)SOOO. The summed E-state index contributed by atoms with van der Waals surface area (Å²) in [6.07, 6.45) is -1.39. The molecular weight excluding hydrogens is 372 g/mol. The van der Waals surface area contributed by atoms with Crippen LogP contribution in [0.15, 0.2) is 0 Å². The van der Waals surface area contributed by atoms with Crippen LogP contribution in [-0.2, 0) is 18.8 Å². The third-order valence-corrected chi connectivity index (χ3v) is 5.06. The van der Waals surface area contributed by atoms with Gasteiger partial charge in [-0.1, -0.05) is 5.04 Å². The number of ether oxygens (including phenoxy) is 2. The Morgan fingerprint density at radius 3 is 2.20 bits per heavy atom. The van der Waals surface area contributed by atoms with Crippen molar-refractivity contribution in [3.63, 3.8) is 0 Å². The highest BCUT2D eigenvalue weighted by Crippen LogP contribution is 2.60. The van der Waals surface area contributed by atoms with Crippen LogP contribution in [0.5, 0.6) is 0 Å². The second kappa shape index (κ2) is 7.09. The minimum absolute atomic E-state index is 0.0717. The number of halogens is 4. The molecule has 0 aromatic rings. The van der Waals surface area contributed by atoms with E-state index in [1.807, 2.05) is 0 Å². The summed E-state index contributed by atoms with van der Waals surface area (Å²) in [6.45, 7) is 4.97. The van der Waals surface area contributed by atoms with Gasteiger partial charge in [0.1, 0.15) is 23.7 Å². The van der Waals surface area contributed by atoms with E-state index in [2.05, 4.69) is 9.37 Å². The second-order valence-electron chi connectivity index (χ2n) is 7.32. The van der Waals surface area contributed by atoms with Gasteiger partial charge in [0.05, 0.1) is 0 Å². The molecule has 2 rings (SSSR count). The Morgan fingerprint density at radius 2 is 1.72 bits per heavy atom. The lowest BCUT2D eigenvalue weighted by Crippen LogP contribution is -2.47. The van der Waals surface area contributed by atoms with Crippen molar-refractivity contribution in [2.75, 3.05) is 0 Å². The monoisotopic (exact) mass is 392 g/mol. The molecule has 4 unspecified atom stereocenters. The summed E-state index contributed by atoms with van der Waals surface area (Å²) >= 11 is -0.943. The molecule has 0 aromatic heterocycles. The normalized spacial score (nSPS) is 29.8. The lowest BCUT2D eigenvalue weighted by atomic mass is 9.82. The Labute approximate surface area is 146 Å². The summed E-state index contributed by atoms with van der Waals surface area (Å²) in [6, 6.07) is 0. The zero-order valence-corrected chi connectivity index (χ0v) is 14.7. The van der Waals surface area contributed by atoms with Gasteiger partial charge in [0, 0.05) is 5.92 Å². The van der Waals surface area contributed by atoms with Crippen LogP contribution in [0.4, 0.5) is 22.4 Å². The van der Waals surface area contributed by atoms with Crippen molar-refractivity contribution in [1.29, 1.82) is 0 Å². The van der Waals surface area contributed by atoms with Crippen LogP contribution in [-0.4, -0.2) is 34.3 Å². The Hall–Kier alpha value is -0.780. The fraction of sp³-hybridized carbons (Fsp3) is 0.929. The van der Waals surface area contributed by atoms with Gasteiger partial charge in [-0.3, -0.25) is 0 Å². The van der Waals surface area contributed by atoms with Crippen LogP contribution in [0, 0.1) is 17.8 Å². The van der Waals surface area contributed by atoms with Gasteiger partial charge >= 0.3 is 17.3 Å². The van der Waals surface area contributed by atoms with Gasteiger partial charge in [0.25, 0.3) is 0 Å². The maximum atomic E-state index is 14.2. The molecule has 146 valence electrons. The van der Waals surface area contributed by atoms with Crippen LogP contribution >= 0.6 is 12.0 Å². The molecule has 0 heterocycles. The summed E-state index contributed by atoms with van der Waals surface area (Å²) in [4.78, 5) is 11.7. The van der Waals surface area contributed by atoms with Crippen molar-refractivity contribution in [3.05, 3.63) is 0 Å². The van der Waals surface area contributed by atoms with Gasteiger partial charge in [-0.25, -0.2) is 10.1 Å². The first-order chi connectivity index (χ1) is 11.4. The third kappa shape index (κ3) is 4.50. The van der Waals surface area contributed by atoms with Gasteiger partial charge < -0.3 is 9.47 Å². The summed E-state index contributed by atoms with van der Waals surface area (Å²) in [5, 5.41) is 6.28. The molecule has 2 aliphatic rings. The first-order valence-electron chi connectivity index (χ1n) is 7.68. The van der Waals surface area contributed by atoms with Gasteiger partial charge in [0.15, 0.2) is 0 Å². The van der Waals surface area contributed by atoms with Crippen LogP contribution in [0.2, 0.25) is 0 Å². The Balaban J connectivity index is 1.95. The van der Waals surface area contributed by atoms with E-state index in [0.29, 0.717) is 0 Å². The zero-order valence-electron chi connectivity index (χ0n) is 13.8. The minimum Gasteiger partial charge on any atom is -0.431 e. The zero-order chi connectivity index (χ0) is 19.0. The van der Waals surface area contributed by atoms with Crippen molar-refractivity contribution < 1.29 is 46.5 Å². The van der Waals surface area contributed by atoms with Gasteiger partial charge in [-0.2, -0.15) is 17.6 Å². The van der Waals surface area contributed by atoms with E-state index in [1.54, 1.807) is 20.8 Å². The lowest BCUT2D eigenvalue weighted by Gasteiger charge is -2.35. The molecule has 1 N–H and O–H groups in total. The van der Waals surface area contributed by atoms with Crippen LogP contribution in [0.3, 0.4) is 0 Å². The Bertz CT molecular complexity index is 498. The maximum absolute atomic E-state index is 14.2. The molecule has 6 nitrogen and oxygen atoms in total. The quantitative estimate of drug-likeness (QED) is 0.232. The Kier molecular flexibility index (Phi) is 5.82. The number of fused-ring (bicyclic) bond motifs is 2. The molecule has 11 heteroatoms. The Morgan fingerprint density at radius 1 is 1.08 bits per heavy atom. The second-order valence-corrected chi connectivity index (χ2v) is 8.14. The number of hydrogen-bond acceptors (Lipinski definition) is 7. The van der Waals surface area contributed by atoms with E-state index >= 15 is 0 Å². The molecular formula is C14H20F4O6S. The van der Waals surface area contributed by atoms with Crippen LogP contribution in [0.25, 0.3) is 0 Å². The first-order valence-corrected chi connectivity index (χ1v) is 8.42. The average Bonchev–Trinajstić information content (AvgIpc) is 3.02. The predicted molar refractivity (Wildman–Crippen MR) is 77.7 cm³/mol. The number of rotatable bonds is 6. The first kappa shape index (κ1) is 20.5. The molecule has 0 radical (unpaired) electrons. The van der Waals surface area contributed by atoms with E-state index in [1.165, 1.54) is 0 Å². The average molecular weight is 392 g/mol. The summed E-state index contributed by atoms with van der Waals surface area (Å²) in [7, 11) is 0. The summed E-state index contributed by atoms with van der Waals surface area (Å²) in [5.74, 6) is -7.09. The fourth-order valence-electron chi connectivity index (χ4n) is 3.54. The number of hydrogen-bond donors (Lipinski definition) is 1. The molecule has 2 saturated carbocycles. The molecule has 0 amide bonds. The summed E-state index contributed by atoms with van der Waals surface area (Å²) in [5.41, 5.74) is -0.752. The van der Waals surface area contributed by atoms with Gasteiger partial charge in [-0.05, 0) is 51.9 Å². The van der Waals surface area contributed by atoms with Crippen molar-refractivity contribution in [3.8, 4) is 0 Å². The molecule has 2 aliphatic carbocycles. The molecule has 25 heavy (non-hydrogen) atoms. The standard InChI is InChI=1S/C14H20F4O6S/c1-12(2,3)22-11(19)21-10-6-7-4-8(10)5-9(7)13(15,16)14(17,18)25-24-23-20/h7-10,20H,4-6H2,1-3H3. The smallest absolute Gasteiger partial charge is 0.431 e. The van der Waals surface area contributed by atoms with Crippen LogP contribution in [0.1, 0.15) is 40.0 Å². The highest BCUT2D eigenvalue weighted by molar-refractivity contribution is 7.95.